The minimum absolute atomic E-state index is 0.209. The van der Waals surface area contributed by atoms with E-state index in [4.69, 9.17) is 0 Å². The molecule has 0 spiro atoms. The topological polar surface area (TPSA) is 26.7 Å². The Kier molecular flexibility index (Phi) is 5.33. The Morgan fingerprint density at radius 2 is 2.10 bits per heavy atom. The number of likely N-dealkylation sites (tertiary alicyclic amines) is 1. The maximum atomic E-state index is 10.5. The lowest BCUT2D eigenvalue weighted by Gasteiger charge is -2.33. The standard InChI is InChI=1S/C17H28N2OS/c1-14-6-8-18(9-7-14)11-16(20)12-19(15-4-5-15)13-17-3-2-10-21-17/h2-3,10,14-16,20H,4-9,11-13H2,1H3. The van der Waals surface area contributed by atoms with Gasteiger partial charge < -0.3 is 10.0 Å². The minimum Gasteiger partial charge on any atom is -0.390 e. The molecule has 3 rings (SSSR count). The summed E-state index contributed by atoms with van der Waals surface area (Å²) in [5.74, 6) is 0.861. The number of thiophene rings is 1. The van der Waals surface area contributed by atoms with E-state index < -0.39 is 0 Å². The summed E-state index contributed by atoms with van der Waals surface area (Å²) in [6.07, 6.45) is 4.97. The predicted octanol–water partition coefficient (Wildman–Crippen LogP) is 2.81. The maximum absolute atomic E-state index is 10.5. The molecule has 1 aliphatic carbocycles. The van der Waals surface area contributed by atoms with Crippen molar-refractivity contribution in [2.45, 2.75) is 51.3 Å². The summed E-state index contributed by atoms with van der Waals surface area (Å²) in [4.78, 5) is 6.35. The van der Waals surface area contributed by atoms with Crippen molar-refractivity contribution in [2.24, 2.45) is 5.92 Å². The SMILES string of the molecule is CC1CCN(CC(O)CN(Cc2cccs2)C2CC2)CC1. The molecule has 1 aromatic rings. The van der Waals surface area contributed by atoms with Crippen LogP contribution in [0.15, 0.2) is 17.5 Å². The Morgan fingerprint density at radius 1 is 1.33 bits per heavy atom. The van der Waals surface area contributed by atoms with E-state index in [9.17, 15) is 5.11 Å². The van der Waals surface area contributed by atoms with Crippen molar-refractivity contribution >= 4 is 11.3 Å². The highest BCUT2D eigenvalue weighted by atomic mass is 32.1. The monoisotopic (exact) mass is 308 g/mol. The van der Waals surface area contributed by atoms with Crippen LogP contribution < -0.4 is 0 Å². The van der Waals surface area contributed by atoms with E-state index in [0.29, 0.717) is 6.04 Å². The zero-order valence-corrected chi connectivity index (χ0v) is 13.9. The van der Waals surface area contributed by atoms with E-state index in [-0.39, 0.29) is 6.10 Å². The van der Waals surface area contributed by atoms with Crippen molar-refractivity contribution in [1.82, 2.24) is 9.80 Å². The van der Waals surface area contributed by atoms with Gasteiger partial charge >= 0.3 is 0 Å². The van der Waals surface area contributed by atoms with Crippen LogP contribution in [0.2, 0.25) is 0 Å². The third kappa shape index (κ3) is 4.78. The first-order chi connectivity index (χ1) is 10.2. The van der Waals surface area contributed by atoms with Crippen LogP contribution in [-0.4, -0.2) is 53.2 Å². The highest BCUT2D eigenvalue weighted by Gasteiger charge is 2.31. The molecule has 3 nitrogen and oxygen atoms in total. The molecule has 0 aromatic carbocycles. The molecule has 1 atom stereocenters. The predicted molar refractivity (Wildman–Crippen MR) is 88.6 cm³/mol. The fraction of sp³-hybridized carbons (Fsp3) is 0.765. The van der Waals surface area contributed by atoms with Gasteiger partial charge in [0.1, 0.15) is 0 Å². The van der Waals surface area contributed by atoms with E-state index in [2.05, 4.69) is 34.2 Å². The van der Waals surface area contributed by atoms with Gasteiger partial charge in [-0.2, -0.15) is 0 Å². The second kappa shape index (κ2) is 7.23. The number of nitrogens with zero attached hydrogens (tertiary/aromatic N) is 2. The summed E-state index contributed by atoms with van der Waals surface area (Å²) in [6, 6.07) is 5.04. The van der Waals surface area contributed by atoms with Gasteiger partial charge in [0.2, 0.25) is 0 Å². The molecule has 0 bridgehead atoms. The Hall–Kier alpha value is -0.420. The Labute approximate surface area is 132 Å². The number of hydrogen-bond donors (Lipinski definition) is 1. The fourth-order valence-electron chi connectivity index (χ4n) is 3.26. The van der Waals surface area contributed by atoms with Gasteiger partial charge in [-0.15, -0.1) is 11.3 Å². The van der Waals surface area contributed by atoms with Gasteiger partial charge in [-0.1, -0.05) is 13.0 Å². The normalized spacial score (nSPS) is 22.8. The van der Waals surface area contributed by atoms with Crippen LogP contribution in [-0.2, 0) is 6.54 Å². The van der Waals surface area contributed by atoms with Crippen molar-refractivity contribution < 1.29 is 5.11 Å². The quantitative estimate of drug-likeness (QED) is 0.839. The number of hydrogen-bond acceptors (Lipinski definition) is 4. The van der Waals surface area contributed by atoms with E-state index >= 15 is 0 Å². The molecule has 1 aromatic heterocycles. The molecule has 0 amide bonds. The van der Waals surface area contributed by atoms with Crippen molar-refractivity contribution in [3.63, 3.8) is 0 Å². The second-order valence-corrected chi connectivity index (χ2v) is 7.91. The molecule has 4 heteroatoms. The van der Waals surface area contributed by atoms with Crippen molar-refractivity contribution in [1.29, 1.82) is 0 Å². The average molecular weight is 308 g/mol. The van der Waals surface area contributed by atoms with Crippen LogP contribution in [0.25, 0.3) is 0 Å². The third-order valence-corrected chi connectivity index (χ3v) is 5.65. The number of aliphatic hydroxyl groups excluding tert-OH is 1. The lowest BCUT2D eigenvalue weighted by Crippen LogP contribution is -2.43. The van der Waals surface area contributed by atoms with Crippen LogP contribution in [0.3, 0.4) is 0 Å². The van der Waals surface area contributed by atoms with Gasteiger partial charge in [-0.05, 0) is 56.1 Å². The number of piperidine rings is 1. The van der Waals surface area contributed by atoms with Crippen LogP contribution in [0, 0.1) is 5.92 Å². The summed E-state index contributed by atoms with van der Waals surface area (Å²) < 4.78 is 0. The minimum atomic E-state index is -0.209. The van der Waals surface area contributed by atoms with Crippen molar-refractivity contribution in [2.75, 3.05) is 26.2 Å². The summed E-state index contributed by atoms with van der Waals surface area (Å²) >= 11 is 1.83. The van der Waals surface area contributed by atoms with Gasteiger partial charge in [0.25, 0.3) is 0 Å². The van der Waals surface area contributed by atoms with Crippen LogP contribution in [0.5, 0.6) is 0 Å². The molecule has 2 aliphatic rings. The van der Waals surface area contributed by atoms with Crippen molar-refractivity contribution in [3.05, 3.63) is 22.4 Å². The molecule has 0 radical (unpaired) electrons. The maximum Gasteiger partial charge on any atom is 0.0794 e. The van der Waals surface area contributed by atoms with Crippen LogP contribution in [0.1, 0.15) is 37.5 Å². The molecule has 1 unspecified atom stereocenters. The molecule has 118 valence electrons. The first-order valence-corrected chi connectivity index (χ1v) is 9.25. The van der Waals surface area contributed by atoms with Crippen LogP contribution >= 0.6 is 11.3 Å². The molecule has 1 saturated carbocycles. The highest BCUT2D eigenvalue weighted by Crippen LogP contribution is 2.29. The lowest BCUT2D eigenvalue weighted by molar-refractivity contribution is 0.0569. The Bertz CT molecular complexity index is 410. The first kappa shape index (κ1) is 15.5. The summed E-state index contributed by atoms with van der Waals surface area (Å²) in [6.45, 7) is 7.34. The van der Waals surface area contributed by atoms with Gasteiger partial charge in [-0.3, -0.25) is 4.90 Å². The molecule has 21 heavy (non-hydrogen) atoms. The lowest BCUT2D eigenvalue weighted by atomic mass is 9.99. The molecule has 2 fully saturated rings. The summed E-state index contributed by atoms with van der Waals surface area (Å²) in [5.41, 5.74) is 0. The van der Waals surface area contributed by atoms with E-state index in [0.717, 1.165) is 38.6 Å². The molecule has 1 N–H and O–H groups in total. The van der Waals surface area contributed by atoms with Crippen molar-refractivity contribution in [3.8, 4) is 0 Å². The average Bonchev–Trinajstić information content (AvgIpc) is 3.19. The largest absolute Gasteiger partial charge is 0.390 e. The molecule has 2 heterocycles. The van der Waals surface area contributed by atoms with Gasteiger partial charge in [-0.25, -0.2) is 0 Å². The van der Waals surface area contributed by atoms with E-state index in [1.807, 2.05) is 11.3 Å². The Balaban J connectivity index is 1.46. The second-order valence-electron chi connectivity index (χ2n) is 6.88. The van der Waals surface area contributed by atoms with E-state index in [1.54, 1.807) is 0 Å². The Morgan fingerprint density at radius 3 is 2.71 bits per heavy atom. The highest BCUT2D eigenvalue weighted by molar-refractivity contribution is 7.09. The van der Waals surface area contributed by atoms with Gasteiger partial charge in [0, 0.05) is 30.6 Å². The molecular formula is C17H28N2OS. The molecular weight excluding hydrogens is 280 g/mol. The van der Waals surface area contributed by atoms with E-state index in [1.165, 1.54) is 30.6 Å². The summed E-state index contributed by atoms with van der Waals surface area (Å²) in [5, 5.41) is 12.6. The zero-order chi connectivity index (χ0) is 14.7. The third-order valence-electron chi connectivity index (χ3n) is 4.79. The molecule has 1 aliphatic heterocycles. The smallest absolute Gasteiger partial charge is 0.0794 e. The fourth-order valence-corrected chi connectivity index (χ4v) is 3.99. The van der Waals surface area contributed by atoms with Gasteiger partial charge in [0.05, 0.1) is 6.10 Å². The zero-order valence-electron chi connectivity index (χ0n) is 13.1. The number of β-amino-alcohol motifs (C(OH)–C–C–N with tert-alkyl or cyclic N) is 1. The summed E-state index contributed by atoms with van der Waals surface area (Å²) in [7, 11) is 0. The molecule has 1 saturated heterocycles. The first-order valence-electron chi connectivity index (χ1n) is 8.37. The number of aliphatic hydroxyl groups is 1. The van der Waals surface area contributed by atoms with Gasteiger partial charge in [0.15, 0.2) is 0 Å². The number of rotatable bonds is 7. The van der Waals surface area contributed by atoms with Crippen LogP contribution in [0.4, 0.5) is 0 Å².